The van der Waals surface area contributed by atoms with Gasteiger partial charge in [-0.05, 0) is 31.0 Å². The second-order valence-electron chi connectivity index (χ2n) is 4.91. The Balaban J connectivity index is 2.82. The highest BCUT2D eigenvalue weighted by Crippen LogP contribution is 2.27. The van der Waals surface area contributed by atoms with E-state index in [0.29, 0.717) is 23.4 Å². The molecule has 1 aromatic carbocycles. The van der Waals surface area contributed by atoms with Crippen molar-refractivity contribution < 1.29 is 4.79 Å². The summed E-state index contributed by atoms with van der Waals surface area (Å²) in [6.07, 6.45) is 1.58. The van der Waals surface area contributed by atoms with Gasteiger partial charge < -0.3 is 10.6 Å². The lowest BCUT2D eigenvalue weighted by Gasteiger charge is -2.22. The molecule has 19 heavy (non-hydrogen) atoms. The van der Waals surface area contributed by atoms with E-state index < -0.39 is 0 Å². The topological polar surface area (TPSA) is 41.1 Å². The first-order valence-corrected chi connectivity index (χ1v) is 7.21. The molecule has 1 amide bonds. The first kappa shape index (κ1) is 15.8. The van der Waals surface area contributed by atoms with Crippen LogP contribution in [0.2, 0.25) is 5.02 Å². The maximum absolute atomic E-state index is 11.4. The molecule has 4 heteroatoms. The van der Waals surface area contributed by atoms with Gasteiger partial charge in [-0.15, -0.1) is 0 Å². The number of carbonyl (C=O) groups excluding carboxylic acids is 1. The third kappa shape index (κ3) is 4.75. The molecule has 2 N–H and O–H groups in total. The van der Waals surface area contributed by atoms with Gasteiger partial charge in [0.15, 0.2) is 0 Å². The highest BCUT2D eigenvalue weighted by molar-refractivity contribution is 6.33. The molecule has 0 aliphatic carbocycles. The minimum atomic E-state index is 0.00301. The van der Waals surface area contributed by atoms with Crippen LogP contribution >= 0.6 is 11.6 Å². The molecule has 2 atom stereocenters. The van der Waals surface area contributed by atoms with Crippen molar-refractivity contribution in [3.8, 4) is 0 Å². The molecule has 0 bridgehead atoms. The van der Waals surface area contributed by atoms with Crippen LogP contribution in [0.25, 0.3) is 0 Å². The molecule has 0 radical (unpaired) electrons. The number of rotatable bonds is 6. The summed E-state index contributed by atoms with van der Waals surface area (Å²) in [4.78, 5) is 11.4. The van der Waals surface area contributed by atoms with Gasteiger partial charge in [-0.25, -0.2) is 0 Å². The van der Waals surface area contributed by atoms with Gasteiger partial charge in [0, 0.05) is 18.2 Å². The number of hydrogen-bond donors (Lipinski definition) is 2. The summed E-state index contributed by atoms with van der Waals surface area (Å²) in [7, 11) is 0. The summed E-state index contributed by atoms with van der Waals surface area (Å²) in [6, 6.07) is 5.84. The fourth-order valence-electron chi connectivity index (χ4n) is 1.70. The minimum absolute atomic E-state index is 0.00301. The molecular weight excluding hydrogens is 260 g/mol. The van der Waals surface area contributed by atoms with E-state index in [1.165, 1.54) is 0 Å². The fourth-order valence-corrected chi connectivity index (χ4v) is 1.88. The van der Waals surface area contributed by atoms with Crippen LogP contribution in [0.3, 0.4) is 0 Å². The molecule has 106 valence electrons. The van der Waals surface area contributed by atoms with Gasteiger partial charge in [-0.2, -0.15) is 0 Å². The number of anilines is 2. The van der Waals surface area contributed by atoms with Gasteiger partial charge in [-0.1, -0.05) is 38.8 Å². The Hall–Kier alpha value is -1.22. The highest BCUT2D eigenvalue weighted by Gasteiger charge is 2.12. The van der Waals surface area contributed by atoms with Crippen LogP contribution in [0.5, 0.6) is 0 Å². The van der Waals surface area contributed by atoms with Crippen molar-refractivity contribution >= 4 is 28.9 Å². The monoisotopic (exact) mass is 282 g/mol. The average molecular weight is 283 g/mol. The van der Waals surface area contributed by atoms with E-state index in [0.717, 1.165) is 17.8 Å². The predicted molar refractivity (Wildman–Crippen MR) is 82.9 cm³/mol. The number of halogens is 1. The zero-order valence-corrected chi connectivity index (χ0v) is 12.8. The fraction of sp³-hybridized carbons (Fsp3) is 0.533. The summed E-state index contributed by atoms with van der Waals surface area (Å²) < 4.78 is 0. The lowest BCUT2D eigenvalue weighted by Crippen LogP contribution is -2.23. The van der Waals surface area contributed by atoms with Gasteiger partial charge in [0.25, 0.3) is 0 Å². The number of benzene rings is 1. The SMILES string of the molecule is CCC(=O)Nc1ccc(Cl)c(NC(C)C(C)CC)c1. The third-order valence-corrected chi connectivity index (χ3v) is 3.78. The van der Waals surface area contributed by atoms with Crippen LogP contribution in [0.4, 0.5) is 11.4 Å². The minimum Gasteiger partial charge on any atom is -0.381 e. The van der Waals surface area contributed by atoms with Crippen LogP contribution < -0.4 is 10.6 Å². The molecule has 0 saturated carbocycles. The average Bonchev–Trinajstić information content (AvgIpc) is 2.41. The van der Waals surface area contributed by atoms with E-state index in [9.17, 15) is 4.79 Å². The van der Waals surface area contributed by atoms with Crippen molar-refractivity contribution in [3.05, 3.63) is 23.2 Å². The van der Waals surface area contributed by atoms with Crippen LogP contribution in [0.1, 0.15) is 40.5 Å². The normalized spacial score (nSPS) is 13.7. The molecule has 0 aromatic heterocycles. The van der Waals surface area contributed by atoms with E-state index in [1.807, 2.05) is 19.1 Å². The maximum atomic E-state index is 11.4. The van der Waals surface area contributed by atoms with Crippen molar-refractivity contribution in [3.63, 3.8) is 0 Å². The van der Waals surface area contributed by atoms with Crippen molar-refractivity contribution in [1.82, 2.24) is 0 Å². The summed E-state index contributed by atoms with van der Waals surface area (Å²) in [5.41, 5.74) is 1.64. The molecule has 0 spiro atoms. The van der Waals surface area contributed by atoms with E-state index in [1.54, 1.807) is 6.07 Å². The van der Waals surface area contributed by atoms with E-state index in [-0.39, 0.29) is 5.91 Å². The smallest absolute Gasteiger partial charge is 0.224 e. The van der Waals surface area contributed by atoms with Crippen molar-refractivity contribution in [1.29, 1.82) is 0 Å². The van der Waals surface area contributed by atoms with E-state index >= 15 is 0 Å². The van der Waals surface area contributed by atoms with Gasteiger partial charge in [0.2, 0.25) is 5.91 Å². The Morgan fingerprint density at radius 1 is 1.32 bits per heavy atom. The van der Waals surface area contributed by atoms with Crippen molar-refractivity contribution in [2.24, 2.45) is 5.92 Å². The first-order chi connectivity index (χ1) is 8.97. The largest absolute Gasteiger partial charge is 0.381 e. The quantitative estimate of drug-likeness (QED) is 0.804. The highest BCUT2D eigenvalue weighted by atomic mass is 35.5. The van der Waals surface area contributed by atoms with Crippen LogP contribution in [0.15, 0.2) is 18.2 Å². The van der Waals surface area contributed by atoms with Gasteiger partial charge in [0.1, 0.15) is 0 Å². The number of hydrogen-bond acceptors (Lipinski definition) is 2. The maximum Gasteiger partial charge on any atom is 0.224 e. The summed E-state index contributed by atoms with van der Waals surface area (Å²) in [5, 5.41) is 6.92. The molecule has 0 fully saturated rings. The van der Waals surface area contributed by atoms with E-state index in [2.05, 4.69) is 31.4 Å². The number of amides is 1. The molecule has 0 aliphatic rings. The summed E-state index contributed by atoms with van der Waals surface area (Å²) >= 11 is 6.18. The van der Waals surface area contributed by atoms with Crippen LogP contribution in [-0.2, 0) is 4.79 Å². The van der Waals surface area contributed by atoms with Gasteiger partial charge in [0.05, 0.1) is 10.7 Å². The molecule has 1 rings (SSSR count). The Morgan fingerprint density at radius 3 is 2.58 bits per heavy atom. The molecule has 1 aromatic rings. The zero-order chi connectivity index (χ0) is 14.4. The molecule has 0 aliphatic heterocycles. The van der Waals surface area contributed by atoms with Crippen molar-refractivity contribution in [2.45, 2.75) is 46.6 Å². The zero-order valence-electron chi connectivity index (χ0n) is 12.1. The third-order valence-electron chi connectivity index (χ3n) is 3.45. The molecule has 0 saturated heterocycles. The Bertz CT molecular complexity index is 434. The molecule has 3 nitrogen and oxygen atoms in total. The number of nitrogens with one attached hydrogen (secondary N) is 2. The Kier molecular flexibility index (Phi) is 6.16. The van der Waals surface area contributed by atoms with E-state index in [4.69, 9.17) is 11.6 Å². The van der Waals surface area contributed by atoms with Crippen LogP contribution in [-0.4, -0.2) is 11.9 Å². The van der Waals surface area contributed by atoms with Crippen LogP contribution in [0, 0.1) is 5.92 Å². The predicted octanol–water partition coefficient (Wildman–Crippen LogP) is 4.54. The first-order valence-electron chi connectivity index (χ1n) is 6.83. The molecular formula is C15H23ClN2O. The Labute approximate surface area is 120 Å². The Morgan fingerprint density at radius 2 is 2.00 bits per heavy atom. The summed E-state index contributed by atoms with van der Waals surface area (Å²) in [6.45, 7) is 8.34. The summed E-state index contributed by atoms with van der Waals surface area (Å²) in [5.74, 6) is 0.563. The second kappa shape index (κ2) is 7.39. The standard InChI is InChI=1S/C15H23ClN2O/c1-5-10(3)11(4)17-14-9-12(7-8-13(14)16)18-15(19)6-2/h7-11,17H,5-6H2,1-4H3,(H,18,19). The van der Waals surface area contributed by atoms with Gasteiger partial charge in [-0.3, -0.25) is 4.79 Å². The lowest BCUT2D eigenvalue weighted by atomic mass is 10.0. The molecule has 2 unspecified atom stereocenters. The molecule has 0 heterocycles. The lowest BCUT2D eigenvalue weighted by molar-refractivity contribution is -0.115. The van der Waals surface area contributed by atoms with Crippen molar-refractivity contribution in [2.75, 3.05) is 10.6 Å². The number of carbonyl (C=O) groups is 1. The van der Waals surface area contributed by atoms with Gasteiger partial charge >= 0.3 is 0 Å². The second-order valence-corrected chi connectivity index (χ2v) is 5.32.